The second-order valence-corrected chi connectivity index (χ2v) is 4.10. The lowest BCUT2D eigenvalue weighted by atomic mass is 9.93. The zero-order valence-electron chi connectivity index (χ0n) is 9.96. The minimum Gasteiger partial charge on any atom is -0.119 e. The van der Waals surface area contributed by atoms with Gasteiger partial charge in [0.1, 0.15) is 0 Å². The van der Waals surface area contributed by atoms with Crippen LogP contribution in [-0.2, 0) is 0 Å². The van der Waals surface area contributed by atoms with Gasteiger partial charge in [0.05, 0.1) is 0 Å². The molecule has 0 heterocycles. The topological polar surface area (TPSA) is 0 Å². The maximum Gasteiger partial charge on any atom is 0.0447 e. The Kier molecular flexibility index (Phi) is 4.43. The fraction of sp³-hybridized carbons (Fsp3) is 0.467. The van der Waals surface area contributed by atoms with Crippen LogP contribution in [0.5, 0.6) is 0 Å². The lowest BCUT2D eigenvalue weighted by Gasteiger charge is -2.12. The third-order valence-electron chi connectivity index (χ3n) is 3.13. The summed E-state index contributed by atoms with van der Waals surface area (Å²) in [6.07, 6.45) is 7.69. The van der Waals surface area contributed by atoms with Crippen molar-refractivity contribution in [3.8, 4) is 12.3 Å². The molecule has 2 atom stereocenters. The van der Waals surface area contributed by atoms with Crippen molar-refractivity contribution < 1.29 is 0 Å². The van der Waals surface area contributed by atoms with Crippen LogP contribution in [0.15, 0.2) is 24.3 Å². The summed E-state index contributed by atoms with van der Waals surface area (Å²) in [7, 11) is 0. The van der Waals surface area contributed by atoms with Gasteiger partial charge in [-0.15, -0.1) is 6.42 Å². The van der Waals surface area contributed by atoms with E-state index in [1.165, 1.54) is 17.5 Å². The van der Waals surface area contributed by atoms with Crippen molar-refractivity contribution in [3.05, 3.63) is 35.4 Å². The van der Waals surface area contributed by atoms with Gasteiger partial charge in [0.15, 0.2) is 0 Å². The first-order chi connectivity index (χ1) is 7.22. The van der Waals surface area contributed by atoms with Gasteiger partial charge in [0, 0.05) is 5.92 Å². The Hall–Kier alpha value is -1.22. The molecule has 0 N–H and O–H groups in total. The SMILES string of the molecule is C#CC(CC)c1ccc(C(C)CC)cc1. The van der Waals surface area contributed by atoms with E-state index in [4.69, 9.17) is 6.42 Å². The van der Waals surface area contributed by atoms with Gasteiger partial charge in [0.25, 0.3) is 0 Å². The molecule has 0 saturated heterocycles. The maximum atomic E-state index is 5.49. The molecule has 2 unspecified atom stereocenters. The van der Waals surface area contributed by atoms with Gasteiger partial charge in [0.2, 0.25) is 0 Å². The summed E-state index contributed by atoms with van der Waals surface area (Å²) < 4.78 is 0. The van der Waals surface area contributed by atoms with Crippen molar-refractivity contribution >= 4 is 0 Å². The van der Waals surface area contributed by atoms with E-state index in [0.717, 1.165) is 6.42 Å². The number of benzene rings is 1. The fourth-order valence-corrected chi connectivity index (χ4v) is 1.74. The van der Waals surface area contributed by atoms with Crippen molar-refractivity contribution in [2.24, 2.45) is 0 Å². The summed E-state index contributed by atoms with van der Waals surface area (Å²) in [5.41, 5.74) is 2.68. The van der Waals surface area contributed by atoms with E-state index >= 15 is 0 Å². The summed E-state index contributed by atoms with van der Waals surface area (Å²) in [4.78, 5) is 0. The summed E-state index contributed by atoms with van der Waals surface area (Å²) >= 11 is 0. The number of hydrogen-bond donors (Lipinski definition) is 0. The molecule has 0 fully saturated rings. The first-order valence-electron chi connectivity index (χ1n) is 5.78. The molecule has 0 nitrogen and oxygen atoms in total. The molecule has 0 radical (unpaired) electrons. The Morgan fingerprint density at radius 2 is 1.60 bits per heavy atom. The van der Waals surface area contributed by atoms with Gasteiger partial charge in [-0.2, -0.15) is 0 Å². The van der Waals surface area contributed by atoms with Crippen LogP contribution in [-0.4, -0.2) is 0 Å². The van der Waals surface area contributed by atoms with Crippen molar-refractivity contribution in [3.63, 3.8) is 0 Å². The zero-order valence-corrected chi connectivity index (χ0v) is 9.96. The van der Waals surface area contributed by atoms with E-state index < -0.39 is 0 Å². The van der Waals surface area contributed by atoms with Gasteiger partial charge in [-0.1, -0.05) is 51.0 Å². The molecule has 0 aliphatic heterocycles. The Bertz CT molecular complexity index is 326. The molecule has 1 aromatic rings. The van der Waals surface area contributed by atoms with E-state index in [2.05, 4.69) is 51.0 Å². The highest BCUT2D eigenvalue weighted by Crippen LogP contribution is 2.23. The Morgan fingerprint density at radius 1 is 1.07 bits per heavy atom. The van der Waals surface area contributed by atoms with Crippen LogP contribution in [0.25, 0.3) is 0 Å². The van der Waals surface area contributed by atoms with Crippen LogP contribution in [0.3, 0.4) is 0 Å². The molecule has 15 heavy (non-hydrogen) atoms. The molecule has 0 aliphatic rings. The molecule has 0 bridgehead atoms. The Morgan fingerprint density at radius 3 is 2.00 bits per heavy atom. The maximum absolute atomic E-state index is 5.49. The minimum atomic E-state index is 0.274. The standard InChI is InChI=1S/C15H20/c1-5-12(4)14-8-10-15(11-9-14)13(6-2)7-3/h2,8-13H,5,7H2,1,3-4H3. The largest absolute Gasteiger partial charge is 0.119 e. The van der Waals surface area contributed by atoms with Gasteiger partial charge < -0.3 is 0 Å². The minimum absolute atomic E-state index is 0.274. The number of terminal acetylenes is 1. The summed E-state index contributed by atoms with van der Waals surface area (Å²) in [5, 5.41) is 0. The third-order valence-corrected chi connectivity index (χ3v) is 3.13. The number of hydrogen-bond acceptors (Lipinski definition) is 0. The summed E-state index contributed by atoms with van der Waals surface area (Å²) in [5.74, 6) is 3.75. The average molecular weight is 200 g/mol. The molecule has 0 spiro atoms. The smallest absolute Gasteiger partial charge is 0.0447 e. The molecular formula is C15H20. The second-order valence-electron chi connectivity index (χ2n) is 4.10. The van der Waals surface area contributed by atoms with E-state index in [9.17, 15) is 0 Å². The first-order valence-corrected chi connectivity index (χ1v) is 5.78. The third kappa shape index (κ3) is 2.86. The van der Waals surface area contributed by atoms with Gasteiger partial charge in [-0.3, -0.25) is 0 Å². The van der Waals surface area contributed by atoms with E-state index in [-0.39, 0.29) is 5.92 Å². The van der Waals surface area contributed by atoms with Gasteiger partial charge in [-0.25, -0.2) is 0 Å². The van der Waals surface area contributed by atoms with Crippen LogP contribution in [0, 0.1) is 12.3 Å². The highest BCUT2D eigenvalue weighted by molar-refractivity contribution is 5.31. The average Bonchev–Trinajstić information content (AvgIpc) is 2.30. The van der Waals surface area contributed by atoms with Gasteiger partial charge >= 0.3 is 0 Å². The Labute approximate surface area is 93.7 Å². The molecule has 0 heteroatoms. The van der Waals surface area contributed by atoms with Gasteiger partial charge in [-0.05, 0) is 29.9 Å². The lowest BCUT2D eigenvalue weighted by molar-refractivity contribution is 0.731. The monoisotopic (exact) mass is 200 g/mol. The van der Waals surface area contributed by atoms with E-state index in [1.54, 1.807) is 0 Å². The quantitative estimate of drug-likeness (QED) is 0.635. The van der Waals surface area contributed by atoms with Crippen LogP contribution in [0.4, 0.5) is 0 Å². The summed E-state index contributed by atoms with van der Waals surface area (Å²) in [6.45, 7) is 6.61. The van der Waals surface area contributed by atoms with Crippen molar-refractivity contribution in [2.75, 3.05) is 0 Å². The molecular weight excluding hydrogens is 180 g/mol. The normalized spacial score (nSPS) is 14.3. The predicted octanol–water partition coefficient (Wildman–Crippen LogP) is 4.33. The molecule has 0 aromatic heterocycles. The first kappa shape index (κ1) is 11.9. The molecule has 1 aromatic carbocycles. The predicted molar refractivity (Wildman–Crippen MR) is 67.0 cm³/mol. The highest BCUT2D eigenvalue weighted by Gasteiger charge is 2.07. The van der Waals surface area contributed by atoms with Crippen molar-refractivity contribution in [2.45, 2.75) is 45.4 Å². The van der Waals surface area contributed by atoms with Crippen LogP contribution < -0.4 is 0 Å². The molecule has 80 valence electrons. The zero-order chi connectivity index (χ0) is 11.3. The Balaban J connectivity index is 2.85. The van der Waals surface area contributed by atoms with E-state index in [0.29, 0.717) is 5.92 Å². The van der Waals surface area contributed by atoms with Crippen LogP contribution in [0.2, 0.25) is 0 Å². The lowest BCUT2D eigenvalue weighted by Crippen LogP contribution is -1.96. The van der Waals surface area contributed by atoms with E-state index in [1.807, 2.05) is 0 Å². The molecule has 0 amide bonds. The van der Waals surface area contributed by atoms with Crippen molar-refractivity contribution in [1.29, 1.82) is 0 Å². The number of rotatable bonds is 4. The molecule has 0 aliphatic carbocycles. The second kappa shape index (κ2) is 5.61. The summed E-state index contributed by atoms with van der Waals surface area (Å²) in [6, 6.07) is 8.78. The molecule has 0 saturated carbocycles. The van der Waals surface area contributed by atoms with Crippen molar-refractivity contribution in [1.82, 2.24) is 0 Å². The highest BCUT2D eigenvalue weighted by atomic mass is 14.1. The fourth-order valence-electron chi connectivity index (χ4n) is 1.74. The molecule has 1 rings (SSSR count). The van der Waals surface area contributed by atoms with Crippen LogP contribution in [0.1, 0.15) is 56.6 Å². The van der Waals surface area contributed by atoms with Crippen LogP contribution >= 0.6 is 0 Å².